The Morgan fingerprint density at radius 1 is 1.25 bits per heavy atom. The smallest absolute Gasteiger partial charge is 0.325 e. The average Bonchev–Trinajstić information content (AvgIpc) is 3.41. The molecular formula is C20H21ClN6O4S. The van der Waals surface area contributed by atoms with Crippen molar-refractivity contribution in [2.24, 2.45) is 0 Å². The molecule has 10 nitrogen and oxygen atoms in total. The number of rotatable bonds is 8. The van der Waals surface area contributed by atoms with E-state index < -0.39 is 11.2 Å². The Labute approximate surface area is 191 Å². The number of carbonyl (C=O) groups excluding carboxylic acids is 1. The predicted octanol–water partition coefficient (Wildman–Crippen LogP) is 1.28. The van der Waals surface area contributed by atoms with Crippen molar-refractivity contribution in [3.8, 4) is 5.69 Å². The minimum Gasteiger partial charge on any atom is -0.376 e. The number of carbonyl (C=O) groups is 1. The Morgan fingerprint density at radius 3 is 2.78 bits per heavy atom. The minimum absolute atomic E-state index is 0.0736. The molecule has 3 aromatic rings. The molecule has 1 aliphatic rings. The number of nitrogens with zero attached hydrogens (tertiary/aromatic N) is 3. The lowest BCUT2D eigenvalue weighted by atomic mass is 10.2. The Kier molecular flexibility index (Phi) is 7.08. The van der Waals surface area contributed by atoms with Crippen molar-refractivity contribution < 1.29 is 9.53 Å². The molecule has 2 aromatic heterocycles. The van der Waals surface area contributed by atoms with Crippen molar-refractivity contribution in [1.29, 1.82) is 0 Å². The molecule has 1 aliphatic heterocycles. The first-order valence-electron chi connectivity index (χ1n) is 10.0. The fraction of sp³-hybridized carbons (Fsp3) is 0.350. The number of ether oxygens (including phenoxy) is 1. The van der Waals surface area contributed by atoms with Crippen LogP contribution >= 0.6 is 23.4 Å². The van der Waals surface area contributed by atoms with E-state index in [1.807, 2.05) is 0 Å². The van der Waals surface area contributed by atoms with Crippen LogP contribution in [0.3, 0.4) is 0 Å². The van der Waals surface area contributed by atoms with Gasteiger partial charge in [-0.2, -0.15) is 0 Å². The van der Waals surface area contributed by atoms with E-state index in [1.165, 1.54) is 17.8 Å². The molecule has 0 unspecified atom stereocenters. The molecule has 1 amide bonds. The average molecular weight is 477 g/mol. The quantitative estimate of drug-likeness (QED) is 0.417. The zero-order valence-corrected chi connectivity index (χ0v) is 18.5. The van der Waals surface area contributed by atoms with Crippen LogP contribution in [-0.4, -0.2) is 55.6 Å². The summed E-state index contributed by atoms with van der Waals surface area (Å²) >= 11 is 7.26. The van der Waals surface area contributed by atoms with E-state index in [9.17, 15) is 14.4 Å². The lowest BCUT2D eigenvalue weighted by Gasteiger charge is -2.12. The third kappa shape index (κ3) is 5.67. The van der Waals surface area contributed by atoms with E-state index >= 15 is 0 Å². The molecule has 1 fully saturated rings. The van der Waals surface area contributed by atoms with Gasteiger partial charge in [0, 0.05) is 42.0 Å². The fourth-order valence-electron chi connectivity index (χ4n) is 3.36. The van der Waals surface area contributed by atoms with E-state index in [-0.39, 0.29) is 24.2 Å². The lowest BCUT2D eigenvalue weighted by molar-refractivity contribution is -0.119. The van der Waals surface area contributed by atoms with Crippen LogP contribution in [0.15, 0.2) is 45.1 Å². The summed E-state index contributed by atoms with van der Waals surface area (Å²) in [6.45, 7) is 1.23. The van der Waals surface area contributed by atoms with Gasteiger partial charge in [-0.1, -0.05) is 23.4 Å². The normalized spacial score (nSPS) is 15.7. The van der Waals surface area contributed by atoms with Gasteiger partial charge in [0.2, 0.25) is 5.91 Å². The van der Waals surface area contributed by atoms with Crippen molar-refractivity contribution in [2.45, 2.75) is 30.5 Å². The number of thioether (sulfide) groups is 1. The van der Waals surface area contributed by atoms with Gasteiger partial charge in [-0.05, 0) is 37.1 Å². The number of amides is 1. The number of hydrogen-bond donors (Lipinski definition) is 3. The number of aromatic amines is 2. The predicted molar refractivity (Wildman–Crippen MR) is 120 cm³/mol. The molecule has 1 saturated heterocycles. The molecule has 3 heterocycles. The second-order valence-electron chi connectivity index (χ2n) is 7.23. The summed E-state index contributed by atoms with van der Waals surface area (Å²) in [4.78, 5) is 40.3. The molecular weight excluding hydrogens is 456 g/mol. The van der Waals surface area contributed by atoms with E-state index in [2.05, 4.69) is 25.5 Å². The monoisotopic (exact) mass is 476 g/mol. The van der Waals surface area contributed by atoms with Crippen molar-refractivity contribution in [3.63, 3.8) is 0 Å². The SMILES string of the molecule is O=C(CSc1nnc(Cc2cc(=O)[nH]c(=O)[nH]2)n1-c1ccc(Cl)cc1)NC[C@H]1CCCO1. The van der Waals surface area contributed by atoms with Crippen LogP contribution in [0.4, 0.5) is 0 Å². The molecule has 32 heavy (non-hydrogen) atoms. The summed E-state index contributed by atoms with van der Waals surface area (Å²) in [6, 6.07) is 8.37. The number of hydrogen-bond acceptors (Lipinski definition) is 7. The van der Waals surface area contributed by atoms with Gasteiger partial charge in [0.15, 0.2) is 5.16 Å². The molecule has 0 spiro atoms. The van der Waals surface area contributed by atoms with E-state index in [0.29, 0.717) is 28.2 Å². The van der Waals surface area contributed by atoms with Crippen LogP contribution in [0.1, 0.15) is 24.4 Å². The largest absolute Gasteiger partial charge is 0.376 e. The van der Waals surface area contributed by atoms with Crippen LogP contribution in [0, 0.1) is 0 Å². The standard InChI is InChI=1S/C20H21ClN6O4S/c21-12-3-5-14(6-4-12)27-16(8-13-9-17(28)24-19(30)23-13)25-26-20(27)32-11-18(29)22-10-15-2-1-7-31-15/h3-6,9,15H,1-2,7-8,10-11H2,(H,22,29)(H2,23,24,28,30)/t15-/m1/s1. The highest BCUT2D eigenvalue weighted by molar-refractivity contribution is 7.99. The highest BCUT2D eigenvalue weighted by atomic mass is 35.5. The summed E-state index contributed by atoms with van der Waals surface area (Å²) in [6.07, 6.45) is 2.21. The molecule has 0 radical (unpaired) electrons. The maximum absolute atomic E-state index is 12.3. The van der Waals surface area contributed by atoms with Gasteiger partial charge < -0.3 is 15.0 Å². The highest BCUT2D eigenvalue weighted by Crippen LogP contribution is 2.24. The van der Waals surface area contributed by atoms with Crippen molar-refractivity contribution in [1.82, 2.24) is 30.0 Å². The van der Waals surface area contributed by atoms with Crippen LogP contribution in [-0.2, 0) is 16.0 Å². The second-order valence-corrected chi connectivity index (χ2v) is 8.61. The Hall–Kier alpha value is -2.89. The van der Waals surface area contributed by atoms with E-state index in [4.69, 9.17) is 16.3 Å². The summed E-state index contributed by atoms with van der Waals surface area (Å²) < 4.78 is 7.29. The number of nitrogens with one attached hydrogen (secondary N) is 3. The number of aromatic nitrogens is 5. The first-order chi connectivity index (χ1) is 15.5. The zero-order valence-electron chi connectivity index (χ0n) is 17.0. The third-order valence-electron chi connectivity index (χ3n) is 4.83. The van der Waals surface area contributed by atoms with Gasteiger partial charge >= 0.3 is 5.69 Å². The first kappa shape index (κ1) is 22.3. The number of H-pyrrole nitrogens is 2. The van der Waals surface area contributed by atoms with Gasteiger partial charge in [0.05, 0.1) is 11.9 Å². The molecule has 0 bridgehead atoms. The second kappa shape index (κ2) is 10.2. The summed E-state index contributed by atoms with van der Waals surface area (Å²) in [5.74, 6) is 0.521. The Bertz CT molecular complexity index is 1170. The molecule has 12 heteroatoms. The van der Waals surface area contributed by atoms with Gasteiger partial charge in [0.25, 0.3) is 5.56 Å². The van der Waals surface area contributed by atoms with E-state index in [1.54, 1.807) is 28.8 Å². The van der Waals surface area contributed by atoms with Crippen molar-refractivity contribution >= 4 is 29.3 Å². The first-order valence-corrected chi connectivity index (χ1v) is 11.4. The fourth-order valence-corrected chi connectivity index (χ4v) is 4.28. The zero-order chi connectivity index (χ0) is 22.5. The summed E-state index contributed by atoms with van der Waals surface area (Å²) in [5.41, 5.74) is 0.0393. The minimum atomic E-state index is -0.595. The van der Waals surface area contributed by atoms with Gasteiger partial charge in [-0.15, -0.1) is 10.2 Å². The summed E-state index contributed by atoms with van der Waals surface area (Å²) in [5, 5.41) is 12.4. The van der Waals surface area contributed by atoms with E-state index in [0.717, 1.165) is 25.1 Å². The molecule has 168 valence electrons. The van der Waals surface area contributed by atoms with Crippen LogP contribution in [0.25, 0.3) is 5.69 Å². The molecule has 3 N–H and O–H groups in total. The van der Waals surface area contributed by atoms with Crippen LogP contribution < -0.4 is 16.6 Å². The molecule has 4 rings (SSSR count). The third-order valence-corrected chi connectivity index (χ3v) is 6.01. The Balaban J connectivity index is 1.53. The molecule has 1 aromatic carbocycles. The molecule has 0 aliphatic carbocycles. The topological polar surface area (TPSA) is 135 Å². The van der Waals surface area contributed by atoms with Gasteiger partial charge in [-0.3, -0.25) is 19.1 Å². The van der Waals surface area contributed by atoms with Crippen molar-refractivity contribution in [3.05, 3.63) is 67.7 Å². The van der Waals surface area contributed by atoms with Gasteiger partial charge in [-0.25, -0.2) is 4.79 Å². The van der Waals surface area contributed by atoms with Crippen molar-refractivity contribution in [2.75, 3.05) is 18.9 Å². The Morgan fingerprint density at radius 2 is 2.06 bits per heavy atom. The number of halogens is 1. The lowest BCUT2D eigenvalue weighted by Crippen LogP contribution is -2.32. The number of benzene rings is 1. The van der Waals surface area contributed by atoms with Crippen LogP contribution in [0.2, 0.25) is 5.02 Å². The van der Waals surface area contributed by atoms with Gasteiger partial charge in [0.1, 0.15) is 5.82 Å². The highest BCUT2D eigenvalue weighted by Gasteiger charge is 2.19. The molecule has 0 saturated carbocycles. The maximum atomic E-state index is 12.3. The van der Waals surface area contributed by atoms with Crippen LogP contribution in [0.5, 0.6) is 0 Å². The maximum Gasteiger partial charge on any atom is 0.325 e. The molecule has 1 atom stereocenters. The summed E-state index contributed by atoms with van der Waals surface area (Å²) in [7, 11) is 0.